The molecule has 0 aromatic heterocycles. The van der Waals surface area contributed by atoms with Gasteiger partial charge in [0, 0.05) is 17.7 Å². The zero-order valence-corrected chi connectivity index (χ0v) is 16.6. The number of halogens is 1. The fourth-order valence-electron chi connectivity index (χ4n) is 3.37. The number of benzene rings is 2. The van der Waals surface area contributed by atoms with Crippen LogP contribution in [0.15, 0.2) is 36.4 Å². The predicted octanol–water partition coefficient (Wildman–Crippen LogP) is 3.73. The maximum Gasteiger partial charge on any atom is 0.410 e. The van der Waals surface area contributed by atoms with Crippen LogP contribution in [0.5, 0.6) is 5.75 Å². The third kappa shape index (κ3) is 4.04. The Labute approximate surface area is 168 Å². The smallest absolute Gasteiger partial charge is 0.410 e. The Morgan fingerprint density at radius 3 is 2.48 bits per heavy atom. The lowest BCUT2D eigenvalue weighted by atomic mass is 9.98. The van der Waals surface area contributed by atoms with Crippen LogP contribution in [0, 0.1) is 5.82 Å². The molecule has 6 nitrogen and oxygen atoms in total. The van der Waals surface area contributed by atoms with Crippen molar-refractivity contribution in [3.05, 3.63) is 53.3 Å². The molecule has 0 aliphatic carbocycles. The molecule has 2 aromatic carbocycles. The van der Waals surface area contributed by atoms with Crippen molar-refractivity contribution < 1.29 is 23.5 Å². The summed E-state index contributed by atoms with van der Waals surface area (Å²) in [5, 5.41) is 2.80. The molecule has 0 saturated carbocycles. The summed E-state index contributed by atoms with van der Waals surface area (Å²) in [6, 6.07) is 9.70. The quantitative estimate of drug-likeness (QED) is 0.855. The summed E-state index contributed by atoms with van der Waals surface area (Å²) in [7, 11) is 0. The van der Waals surface area contributed by atoms with Gasteiger partial charge in [0.1, 0.15) is 23.3 Å². The molecular formula is C22H23FN2O4. The normalized spacial score (nSPS) is 16.1. The molecule has 1 saturated heterocycles. The Kier molecular flexibility index (Phi) is 4.68. The second-order valence-corrected chi connectivity index (χ2v) is 8.32. The number of nitrogens with one attached hydrogen (secondary N) is 1. The number of ether oxygens (including phenoxy) is 2. The van der Waals surface area contributed by atoms with Crippen LogP contribution in [0.25, 0.3) is 11.1 Å². The highest BCUT2D eigenvalue weighted by atomic mass is 19.1. The van der Waals surface area contributed by atoms with Crippen molar-refractivity contribution in [3.8, 4) is 16.9 Å². The first-order valence-electron chi connectivity index (χ1n) is 9.55. The molecule has 2 aliphatic heterocycles. The maximum absolute atomic E-state index is 13.3. The van der Waals surface area contributed by atoms with Crippen molar-refractivity contribution in [2.24, 2.45) is 0 Å². The van der Waals surface area contributed by atoms with Crippen LogP contribution in [0.3, 0.4) is 0 Å². The average Bonchev–Trinajstić information content (AvgIpc) is 2.96. The van der Waals surface area contributed by atoms with Gasteiger partial charge < -0.3 is 19.7 Å². The minimum Gasteiger partial charge on any atom is -0.486 e. The van der Waals surface area contributed by atoms with Crippen molar-refractivity contribution in [3.63, 3.8) is 0 Å². The standard InChI is InChI=1S/C22H23FN2O4/c1-22(2,3)29-21(27)25-11-16(12-25)28-19-8-14-10-24-20(26)18(14)9-17(19)13-4-6-15(23)7-5-13/h4-9,16H,10-12H2,1-3H3,(H,24,26). The lowest BCUT2D eigenvalue weighted by molar-refractivity contribution is -0.0220. The van der Waals surface area contributed by atoms with E-state index < -0.39 is 5.60 Å². The van der Waals surface area contributed by atoms with Gasteiger partial charge in [0.15, 0.2) is 0 Å². The number of fused-ring (bicyclic) bond motifs is 1. The van der Waals surface area contributed by atoms with E-state index in [-0.39, 0.29) is 23.9 Å². The van der Waals surface area contributed by atoms with E-state index in [2.05, 4.69) is 5.32 Å². The first-order valence-corrected chi connectivity index (χ1v) is 9.55. The Morgan fingerprint density at radius 1 is 1.14 bits per heavy atom. The highest BCUT2D eigenvalue weighted by Gasteiger charge is 2.36. The van der Waals surface area contributed by atoms with Gasteiger partial charge in [-0.25, -0.2) is 9.18 Å². The van der Waals surface area contributed by atoms with Crippen molar-refractivity contribution >= 4 is 12.0 Å². The van der Waals surface area contributed by atoms with Crippen LogP contribution < -0.4 is 10.1 Å². The molecule has 0 spiro atoms. The van der Waals surface area contributed by atoms with E-state index in [0.717, 1.165) is 16.7 Å². The number of rotatable bonds is 3. The van der Waals surface area contributed by atoms with Crippen LogP contribution in [0.4, 0.5) is 9.18 Å². The summed E-state index contributed by atoms with van der Waals surface area (Å²) in [6.45, 7) is 6.77. The Balaban J connectivity index is 1.54. The third-order valence-corrected chi connectivity index (χ3v) is 4.84. The lowest BCUT2D eigenvalue weighted by Gasteiger charge is -2.39. The lowest BCUT2D eigenvalue weighted by Crippen LogP contribution is -2.57. The highest BCUT2D eigenvalue weighted by Crippen LogP contribution is 2.36. The molecule has 2 amide bonds. The van der Waals surface area contributed by atoms with E-state index >= 15 is 0 Å². The SMILES string of the molecule is CC(C)(C)OC(=O)N1CC(Oc2cc3c(cc2-c2ccc(F)cc2)C(=O)NC3)C1. The van der Waals surface area contributed by atoms with E-state index in [9.17, 15) is 14.0 Å². The van der Waals surface area contributed by atoms with Crippen molar-refractivity contribution in [1.82, 2.24) is 10.2 Å². The zero-order valence-electron chi connectivity index (χ0n) is 16.6. The molecule has 0 atom stereocenters. The molecule has 2 aromatic rings. The molecule has 1 fully saturated rings. The van der Waals surface area contributed by atoms with Gasteiger partial charge in [-0.15, -0.1) is 0 Å². The van der Waals surface area contributed by atoms with Gasteiger partial charge >= 0.3 is 6.09 Å². The van der Waals surface area contributed by atoms with Crippen molar-refractivity contribution in [2.45, 2.75) is 39.0 Å². The van der Waals surface area contributed by atoms with Gasteiger partial charge in [0.25, 0.3) is 5.91 Å². The topological polar surface area (TPSA) is 67.9 Å². The summed E-state index contributed by atoms with van der Waals surface area (Å²) in [4.78, 5) is 25.8. The summed E-state index contributed by atoms with van der Waals surface area (Å²) in [5.74, 6) is 0.150. The van der Waals surface area contributed by atoms with Gasteiger partial charge in [-0.05, 0) is 56.2 Å². The second-order valence-electron chi connectivity index (χ2n) is 8.32. The number of carbonyl (C=O) groups excluding carboxylic acids is 2. The minimum atomic E-state index is -0.543. The van der Waals surface area contributed by atoms with Crippen LogP contribution in [-0.2, 0) is 11.3 Å². The molecule has 0 radical (unpaired) electrons. The molecule has 29 heavy (non-hydrogen) atoms. The van der Waals surface area contributed by atoms with Crippen LogP contribution in [0.1, 0.15) is 36.7 Å². The van der Waals surface area contributed by atoms with Gasteiger partial charge in [-0.2, -0.15) is 0 Å². The number of nitrogens with zero attached hydrogens (tertiary/aromatic N) is 1. The molecule has 152 valence electrons. The van der Waals surface area contributed by atoms with E-state index in [0.29, 0.717) is 30.9 Å². The van der Waals surface area contributed by atoms with Gasteiger partial charge in [-0.1, -0.05) is 12.1 Å². The van der Waals surface area contributed by atoms with Crippen LogP contribution in [0.2, 0.25) is 0 Å². The average molecular weight is 398 g/mol. The molecule has 0 bridgehead atoms. The minimum absolute atomic E-state index is 0.130. The van der Waals surface area contributed by atoms with Crippen molar-refractivity contribution in [2.75, 3.05) is 13.1 Å². The molecule has 0 unspecified atom stereocenters. The number of carbonyl (C=O) groups is 2. The largest absolute Gasteiger partial charge is 0.486 e. The molecule has 1 N–H and O–H groups in total. The van der Waals surface area contributed by atoms with Crippen molar-refractivity contribution in [1.29, 1.82) is 0 Å². The second kappa shape index (κ2) is 7.06. The molecule has 2 heterocycles. The van der Waals surface area contributed by atoms with Crippen LogP contribution >= 0.6 is 0 Å². The van der Waals surface area contributed by atoms with Gasteiger partial charge in [-0.3, -0.25) is 4.79 Å². The summed E-state index contributed by atoms with van der Waals surface area (Å²) in [5.41, 5.74) is 2.39. The first kappa shape index (κ1) is 19.2. The van der Waals surface area contributed by atoms with E-state index in [1.165, 1.54) is 12.1 Å². The Hall–Kier alpha value is -3.09. The highest BCUT2D eigenvalue weighted by molar-refractivity contribution is 6.00. The summed E-state index contributed by atoms with van der Waals surface area (Å²) in [6.07, 6.45) is -0.537. The van der Waals surface area contributed by atoms with E-state index in [4.69, 9.17) is 9.47 Å². The van der Waals surface area contributed by atoms with Gasteiger partial charge in [0.2, 0.25) is 0 Å². The Morgan fingerprint density at radius 2 is 1.83 bits per heavy atom. The fraction of sp³-hybridized carbons (Fsp3) is 0.364. The monoisotopic (exact) mass is 398 g/mol. The number of likely N-dealkylation sites (tertiary alicyclic amines) is 1. The summed E-state index contributed by atoms with van der Waals surface area (Å²) >= 11 is 0. The molecule has 7 heteroatoms. The number of amides is 2. The zero-order chi connectivity index (χ0) is 20.8. The van der Waals surface area contributed by atoms with Crippen LogP contribution in [-0.4, -0.2) is 41.7 Å². The Bertz CT molecular complexity index is 960. The third-order valence-electron chi connectivity index (χ3n) is 4.84. The fourth-order valence-corrected chi connectivity index (χ4v) is 3.37. The predicted molar refractivity (Wildman–Crippen MR) is 105 cm³/mol. The maximum atomic E-state index is 13.3. The van der Waals surface area contributed by atoms with E-state index in [1.54, 1.807) is 23.1 Å². The molecule has 4 rings (SSSR count). The summed E-state index contributed by atoms with van der Waals surface area (Å²) < 4.78 is 24.9. The van der Waals surface area contributed by atoms with E-state index in [1.807, 2.05) is 26.8 Å². The molecule has 2 aliphatic rings. The molecular weight excluding hydrogens is 375 g/mol. The van der Waals surface area contributed by atoms with Gasteiger partial charge in [0.05, 0.1) is 13.1 Å². The number of hydrogen-bond acceptors (Lipinski definition) is 4. The first-order chi connectivity index (χ1) is 13.7. The number of hydrogen-bond donors (Lipinski definition) is 1.